The largest absolute Gasteiger partial charge is 0.370 e. The quantitative estimate of drug-likeness (QED) is 0.731. The second-order valence-corrected chi connectivity index (χ2v) is 3.27. The maximum absolute atomic E-state index is 10.4. The molecular weight excluding hydrogens is 160 g/mol. The van der Waals surface area contributed by atoms with Gasteiger partial charge < -0.3 is 5.73 Å². The van der Waals surface area contributed by atoms with Crippen LogP contribution >= 0.6 is 11.3 Å². The minimum absolute atomic E-state index is 0.252. The first-order valence-electron chi connectivity index (χ1n) is 3.37. The molecule has 1 amide bonds. The van der Waals surface area contributed by atoms with Gasteiger partial charge in [-0.15, -0.1) is 11.3 Å². The van der Waals surface area contributed by atoms with Gasteiger partial charge in [0.2, 0.25) is 5.91 Å². The molecule has 0 atom stereocenters. The highest BCUT2D eigenvalue weighted by molar-refractivity contribution is 7.09. The summed E-state index contributed by atoms with van der Waals surface area (Å²) in [6.45, 7) is 1.94. The number of hydrogen-bond donors (Lipinski definition) is 1. The lowest BCUT2D eigenvalue weighted by atomic mass is 10.2. The van der Waals surface area contributed by atoms with Crippen molar-refractivity contribution in [2.45, 2.75) is 19.8 Å². The van der Waals surface area contributed by atoms with Crippen LogP contribution in [0.1, 0.15) is 17.0 Å². The fourth-order valence-electron chi connectivity index (χ4n) is 0.803. The molecule has 0 aromatic carbocycles. The van der Waals surface area contributed by atoms with Gasteiger partial charge in [-0.1, -0.05) is 0 Å². The lowest BCUT2D eigenvalue weighted by Gasteiger charge is -1.93. The van der Waals surface area contributed by atoms with Crippen LogP contribution in [0.5, 0.6) is 0 Å². The van der Waals surface area contributed by atoms with Crippen molar-refractivity contribution in [3.05, 3.63) is 16.1 Å². The fraction of sp³-hybridized carbons (Fsp3) is 0.429. The average molecular weight is 170 g/mol. The zero-order valence-corrected chi connectivity index (χ0v) is 7.15. The van der Waals surface area contributed by atoms with E-state index in [-0.39, 0.29) is 5.91 Å². The highest BCUT2D eigenvalue weighted by Gasteiger charge is 2.02. The van der Waals surface area contributed by atoms with Gasteiger partial charge >= 0.3 is 0 Å². The van der Waals surface area contributed by atoms with Gasteiger partial charge in [-0.2, -0.15) is 0 Å². The van der Waals surface area contributed by atoms with Gasteiger partial charge in [0.1, 0.15) is 0 Å². The van der Waals surface area contributed by atoms with Gasteiger partial charge in [0.25, 0.3) is 0 Å². The molecule has 0 saturated heterocycles. The SMILES string of the molecule is Cc1ncsc1CCC(N)=O. The molecule has 11 heavy (non-hydrogen) atoms. The standard InChI is InChI=1S/C7H10N2OS/c1-5-6(11-4-9-5)2-3-7(8)10/h4H,2-3H2,1H3,(H2,8,10). The van der Waals surface area contributed by atoms with E-state index in [1.54, 1.807) is 16.8 Å². The number of primary amides is 1. The first kappa shape index (κ1) is 8.20. The van der Waals surface area contributed by atoms with Crippen LogP contribution in [0.25, 0.3) is 0 Å². The Morgan fingerprint density at radius 3 is 3.00 bits per heavy atom. The summed E-state index contributed by atoms with van der Waals surface area (Å²) >= 11 is 1.57. The number of carbonyl (C=O) groups excluding carboxylic acids is 1. The molecule has 60 valence electrons. The van der Waals surface area contributed by atoms with E-state index in [1.165, 1.54) is 0 Å². The van der Waals surface area contributed by atoms with E-state index in [2.05, 4.69) is 4.98 Å². The molecule has 1 rings (SSSR count). The number of rotatable bonds is 3. The van der Waals surface area contributed by atoms with Crippen molar-refractivity contribution >= 4 is 17.2 Å². The normalized spacial score (nSPS) is 9.91. The van der Waals surface area contributed by atoms with E-state index in [0.29, 0.717) is 6.42 Å². The highest BCUT2D eigenvalue weighted by Crippen LogP contribution is 2.13. The molecule has 0 bridgehead atoms. The second-order valence-electron chi connectivity index (χ2n) is 2.33. The molecule has 0 aliphatic carbocycles. The molecule has 0 spiro atoms. The van der Waals surface area contributed by atoms with Crippen LogP contribution in [0, 0.1) is 6.92 Å². The first-order valence-corrected chi connectivity index (χ1v) is 4.25. The molecule has 0 radical (unpaired) electrons. The predicted molar refractivity (Wildman–Crippen MR) is 44.4 cm³/mol. The van der Waals surface area contributed by atoms with Crippen LogP contribution in [0.4, 0.5) is 0 Å². The number of aryl methyl sites for hydroxylation is 2. The summed E-state index contributed by atoms with van der Waals surface area (Å²) in [5.41, 5.74) is 7.80. The van der Waals surface area contributed by atoms with E-state index in [4.69, 9.17) is 5.73 Å². The van der Waals surface area contributed by atoms with Crippen molar-refractivity contribution in [2.75, 3.05) is 0 Å². The van der Waals surface area contributed by atoms with Crippen molar-refractivity contribution in [2.24, 2.45) is 5.73 Å². The molecule has 0 saturated carbocycles. The summed E-state index contributed by atoms with van der Waals surface area (Å²) in [4.78, 5) is 15.6. The summed E-state index contributed by atoms with van der Waals surface area (Å²) in [6.07, 6.45) is 1.15. The van der Waals surface area contributed by atoms with Gasteiger partial charge in [-0.05, 0) is 13.3 Å². The van der Waals surface area contributed by atoms with Gasteiger partial charge in [0, 0.05) is 11.3 Å². The number of aromatic nitrogens is 1. The Kier molecular flexibility index (Phi) is 2.59. The molecule has 4 heteroatoms. The molecule has 1 aromatic heterocycles. The van der Waals surface area contributed by atoms with E-state index in [1.807, 2.05) is 6.92 Å². The second kappa shape index (κ2) is 3.48. The third-order valence-corrected chi connectivity index (χ3v) is 2.44. The highest BCUT2D eigenvalue weighted by atomic mass is 32.1. The minimum atomic E-state index is -0.252. The molecule has 1 heterocycles. The first-order chi connectivity index (χ1) is 5.20. The Morgan fingerprint density at radius 1 is 1.82 bits per heavy atom. The number of carbonyl (C=O) groups is 1. The predicted octanol–water partition coefficient (Wildman–Crippen LogP) is 0.869. The number of nitrogens with two attached hydrogens (primary N) is 1. The topological polar surface area (TPSA) is 56.0 Å². The average Bonchev–Trinajstić information content (AvgIpc) is 2.31. The molecule has 1 aromatic rings. The van der Waals surface area contributed by atoms with Crippen molar-refractivity contribution in [1.29, 1.82) is 0 Å². The summed E-state index contributed by atoms with van der Waals surface area (Å²) in [7, 11) is 0. The Labute approximate surface area is 69.3 Å². The monoisotopic (exact) mass is 170 g/mol. The zero-order chi connectivity index (χ0) is 8.27. The summed E-state index contributed by atoms with van der Waals surface area (Å²) in [5.74, 6) is -0.252. The smallest absolute Gasteiger partial charge is 0.217 e. The van der Waals surface area contributed by atoms with Crippen LogP contribution < -0.4 is 5.73 Å². The Balaban J connectivity index is 2.51. The molecular formula is C7H10N2OS. The lowest BCUT2D eigenvalue weighted by Crippen LogP contribution is -2.10. The van der Waals surface area contributed by atoms with E-state index < -0.39 is 0 Å². The molecule has 2 N–H and O–H groups in total. The van der Waals surface area contributed by atoms with E-state index in [0.717, 1.165) is 17.0 Å². The number of nitrogens with zero attached hydrogens (tertiary/aromatic N) is 1. The van der Waals surface area contributed by atoms with Crippen molar-refractivity contribution in [3.63, 3.8) is 0 Å². The maximum atomic E-state index is 10.4. The summed E-state index contributed by atoms with van der Waals surface area (Å²) in [5, 5.41) is 0. The van der Waals surface area contributed by atoms with Crippen LogP contribution in [0.3, 0.4) is 0 Å². The number of hydrogen-bond acceptors (Lipinski definition) is 3. The molecule has 0 aliphatic heterocycles. The van der Waals surface area contributed by atoms with Gasteiger partial charge in [-0.3, -0.25) is 4.79 Å². The Bertz CT molecular complexity index is 257. The van der Waals surface area contributed by atoms with E-state index in [9.17, 15) is 4.79 Å². The van der Waals surface area contributed by atoms with Crippen LogP contribution in [-0.4, -0.2) is 10.9 Å². The molecule has 0 aliphatic rings. The van der Waals surface area contributed by atoms with Crippen LogP contribution in [0.15, 0.2) is 5.51 Å². The van der Waals surface area contributed by atoms with Gasteiger partial charge in [0.05, 0.1) is 11.2 Å². The maximum Gasteiger partial charge on any atom is 0.217 e. The fourth-order valence-corrected chi connectivity index (χ4v) is 1.58. The minimum Gasteiger partial charge on any atom is -0.370 e. The molecule has 0 fully saturated rings. The van der Waals surface area contributed by atoms with Gasteiger partial charge in [0.15, 0.2) is 0 Å². The van der Waals surface area contributed by atoms with Crippen molar-refractivity contribution in [1.82, 2.24) is 4.98 Å². The van der Waals surface area contributed by atoms with E-state index >= 15 is 0 Å². The van der Waals surface area contributed by atoms with Crippen molar-refractivity contribution in [3.8, 4) is 0 Å². The molecule has 3 nitrogen and oxygen atoms in total. The summed E-state index contributed by atoms with van der Waals surface area (Å²) in [6, 6.07) is 0. The third kappa shape index (κ3) is 2.31. The number of thiazole rings is 1. The lowest BCUT2D eigenvalue weighted by molar-refractivity contribution is -0.117. The Hall–Kier alpha value is -0.900. The zero-order valence-electron chi connectivity index (χ0n) is 6.33. The Morgan fingerprint density at radius 2 is 2.55 bits per heavy atom. The third-order valence-electron chi connectivity index (χ3n) is 1.44. The van der Waals surface area contributed by atoms with Crippen LogP contribution in [-0.2, 0) is 11.2 Å². The summed E-state index contributed by atoms with van der Waals surface area (Å²) < 4.78 is 0. The number of amides is 1. The van der Waals surface area contributed by atoms with Crippen molar-refractivity contribution < 1.29 is 4.79 Å². The molecule has 0 unspecified atom stereocenters. The van der Waals surface area contributed by atoms with Gasteiger partial charge in [-0.25, -0.2) is 4.98 Å². The van der Waals surface area contributed by atoms with Crippen LogP contribution in [0.2, 0.25) is 0 Å².